The maximum absolute atomic E-state index is 3.75. The van der Waals surface area contributed by atoms with Gasteiger partial charge in [-0.15, -0.1) is 0 Å². The molecule has 1 nitrogen and oxygen atoms in total. The summed E-state index contributed by atoms with van der Waals surface area (Å²) in [5, 5.41) is 0. The highest BCUT2D eigenvalue weighted by molar-refractivity contribution is 9.09. The van der Waals surface area contributed by atoms with Gasteiger partial charge in [0.2, 0.25) is 0 Å². The van der Waals surface area contributed by atoms with Crippen molar-refractivity contribution in [2.45, 2.75) is 30.5 Å². The van der Waals surface area contributed by atoms with Crippen LogP contribution in [0.5, 0.6) is 0 Å². The van der Waals surface area contributed by atoms with Crippen molar-refractivity contribution in [3.63, 3.8) is 0 Å². The molecule has 0 aromatic heterocycles. The average molecular weight is 232 g/mol. The summed E-state index contributed by atoms with van der Waals surface area (Å²) in [6, 6.07) is 0. The predicted molar refractivity (Wildman–Crippen MR) is 55.7 cm³/mol. The summed E-state index contributed by atoms with van der Waals surface area (Å²) in [5.41, 5.74) is 0. The zero-order valence-electron chi connectivity index (χ0n) is 7.80. The molecule has 1 saturated carbocycles. The number of likely N-dealkylation sites (tertiary alicyclic amines) is 1. The van der Waals surface area contributed by atoms with Gasteiger partial charge >= 0.3 is 0 Å². The van der Waals surface area contributed by atoms with Crippen LogP contribution < -0.4 is 0 Å². The summed E-state index contributed by atoms with van der Waals surface area (Å²) in [5.74, 6) is 2.04. The van der Waals surface area contributed by atoms with Gasteiger partial charge in [0.25, 0.3) is 0 Å². The second kappa shape index (κ2) is 3.67. The van der Waals surface area contributed by atoms with E-state index in [1.807, 2.05) is 0 Å². The molecule has 0 aromatic rings. The summed E-state index contributed by atoms with van der Waals surface area (Å²) in [7, 11) is 2.26. The molecule has 70 valence electrons. The highest BCUT2D eigenvalue weighted by atomic mass is 79.9. The van der Waals surface area contributed by atoms with Gasteiger partial charge in [-0.2, -0.15) is 0 Å². The summed E-state index contributed by atoms with van der Waals surface area (Å²) >= 11 is 3.75. The summed E-state index contributed by atoms with van der Waals surface area (Å²) in [6.45, 7) is 2.67. The van der Waals surface area contributed by atoms with Crippen LogP contribution in [0.1, 0.15) is 25.7 Å². The van der Waals surface area contributed by atoms with Crippen molar-refractivity contribution in [2.24, 2.45) is 11.8 Å². The van der Waals surface area contributed by atoms with Gasteiger partial charge in [0.1, 0.15) is 0 Å². The maximum Gasteiger partial charge on any atom is 0.0148 e. The molecule has 2 fully saturated rings. The van der Waals surface area contributed by atoms with E-state index < -0.39 is 0 Å². The topological polar surface area (TPSA) is 3.24 Å². The molecule has 1 aliphatic heterocycles. The highest BCUT2D eigenvalue weighted by Crippen LogP contribution is 2.38. The molecule has 2 aliphatic rings. The minimum atomic E-state index is 0.821. The normalized spacial score (nSPS) is 44.0. The Bertz CT molecular complexity index is 142. The Morgan fingerprint density at radius 1 is 1.17 bits per heavy atom. The number of halogens is 1. The molecule has 0 aromatic carbocycles. The first-order valence-corrected chi connectivity index (χ1v) is 6.00. The van der Waals surface area contributed by atoms with Crippen LogP contribution in [0.3, 0.4) is 0 Å². The zero-order chi connectivity index (χ0) is 8.55. The molecule has 0 bridgehead atoms. The fourth-order valence-electron chi connectivity index (χ4n) is 2.74. The lowest BCUT2D eigenvalue weighted by Crippen LogP contribution is -2.41. The third kappa shape index (κ3) is 1.85. The number of rotatable bonds is 0. The number of nitrogens with zero attached hydrogens (tertiary/aromatic N) is 1. The summed E-state index contributed by atoms with van der Waals surface area (Å²) < 4.78 is 0. The second-order valence-electron chi connectivity index (χ2n) is 4.48. The second-order valence-corrected chi connectivity index (χ2v) is 5.78. The first-order valence-electron chi connectivity index (χ1n) is 5.08. The maximum atomic E-state index is 3.75. The van der Waals surface area contributed by atoms with E-state index in [9.17, 15) is 0 Å². The predicted octanol–water partition coefficient (Wildman–Crippen LogP) is 2.50. The van der Waals surface area contributed by atoms with Gasteiger partial charge < -0.3 is 4.90 Å². The zero-order valence-corrected chi connectivity index (χ0v) is 9.39. The standard InChI is InChI=1S/C10H18BrN/c1-12-5-4-8-6-10(11)3-2-9(8)7-12/h8-10H,2-7H2,1H3/t8-,9+,10+/m1/s1. The number of alkyl halides is 1. The SMILES string of the molecule is CN1CC[C@@H]2C[C@@H](Br)CC[C@H]2C1. The number of hydrogen-bond donors (Lipinski definition) is 0. The van der Waals surface area contributed by atoms with Gasteiger partial charge in [-0.1, -0.05) is 15.9 Å². The molecule has 2 heteroatoms. The minimum Gasteiger partial charge on any atom is -0.306 e. The Balaban J connectivity index is 1.94. The molecular weight excluding hydrogens is 214 g/mol. The first-order chi connectivity index (χ1) is 5.75. The Morgan fingerprint density at radius 3 is 2.83 bits per heavy atom. The van der Waals surface area contributed by atoms with Crippen molar-refractivity contribution < 1.29 is 0 Å². The molecule has 12 heavy (non-hydrogen) atoms. The molecule has 0 unspecified atom stereocenters. The fourth-order valence-corrected chi connectivity index (χ4v) is 3.49. The molecule has 2 rings (SSSR count). The highest BCUT2D eigenvalue weighted by Gasteiger charge is 2.32. The third-order valence-corrected chi connectivity index (χ3v) is 4.34. The van der Waals surface area contributed by atoms with Crippen LogP contribution in [0.25, 0.3) is 0 Å². The van der Waals surface area contributed by atoms with E-state index in [1.54, 1.807) is 0 Å². The Morgan fingerprint density at radius 2 is 2.00 bits per heavy atom. The molecule has 0 spiro atoms. The smallest absolute Gasteiger partial charge is 0.0148 e. The van der Waals surface area contributed by atoms with E-state index >= 15 is 0 Å². The van der Waals surface area contributed by atoms with Crippen molar-refractivity contribution in [1.82, 2.24) is 4.90 Å². The molecular formula is C10H18BrN. The molecule has 1 saturated heterocycles. The van der Waals surface area contributed by atoms with E-state index in [4.69, 9.17) is 0 Å². The van der Waals surface area contributed by atoms with Gasteiger partial charge in [0.05, 0.1) is 0 Å². The first kappa shape index (κ1) is 9.01. The van der Waals surface area contributed by atoms with E-state index in [0.717, 1.165) is 16.7 Å². The minimum absolute atomic E-state index is 0.821. The van der Waals surface area contributed by atoms with Gasteiger partial charge in [-0.25, -0.2) is 0 Å². The molecule has 1 aliphatic carbocycles. The van der Waals surface area contributed by atoms with Gasteiger partial charge in [-0.3, -0.25) is 0 Å². The van der Waals surface area contributed by atoms with Gasteiger partial charge in [-0.05, 0) is 51.1 Å². The van der Waals surface area contributed by atoms with Crippen LogP contribution in [-0.2, 0) is 0 Å². The number of hydrogen-bond acceptors (Lipinski definition) is 1. The average Bonchev–Trinajstić information content (AvgIpc) is 2.05. The van der Waals surface area contributed by atoms with Gasteiger partial charge in [0.15, 0.2) is 0 Å². The lowest BCUT2D eigenvalue weighted by atomic mass is 9.75. The van der Waals surface area contributed by atoms with Crippen LogP contribution in [0, 0.1) is 11.8 Å². The molecule has 1 heterocycles. The van der Waals surface area contributed by atoms with Crippen molar-refractivity contribution in [3.05, 3.63) is 0 Å². The summed E-state index contributed by atoms with van der Waals surface area (Å²) in [4.78, 5) is 3.32. The number of fused-ring (bicyclic) bond motifs is 1. The van der Waals surface area contributed by atoms with E-state index in [2.05, 4.69) is 27.9 Å². The van der Waals surface area contributed by atoms with E-state index in [0.29, 0.717) is 0 Å². The fraction of sp³-hybridized carbons (Fsp3) is 1.00. The van der Waals surface area contributed by atoms with Crippen molar-refractivity contribution in [3.8, 4) is 0 Å². The lowest BCUT2D eigenvalue weighted by molar-refractivity contribution is 0.108. The molecule has 0 amide bonds. The van der Waals surface area contributed by atoms with E-state index in [-0.39, 0.29) is 0 Å². The lowest BCUT2D eigenvalue weighted by Gasteiger charge is -2.41. The van der Waals surface area contributed by atoms with Crippen LogP contribution in [0.15, 0.2) is 0 Å². The Kier molecular flexibility index (Phi) is 2.75. The van der Waals surface area contributed by atoms with Crippen LogP contribution >= 0.6 is 15.9 Å². The van der Waals surface area contributed by atoms with Crippen molar-refractivity contribution >= 4 is 15.9 Å². The largest absolute Gasteiger partial charge is 0.306 e. The Hall–Kier alpha value is 0.440. The molecule has 0 N–H and O–H groups in total. The quantitative estimate of drug-likeness (QED) is 0.580. The third-order valence-electron chi connectivity index (χ3n) is 3.50. The van der Waals surface area contributed by atoms with Crippen LogP contribution in [0.4, 0.5) is 0 Å². The summed E-state index contributed by atoms with van der Waals surface area (Å²) in [6.07, 6.45) is 5.71. The van der Waals surface area contributed by atoms with Crippen molar-refractivity contribution in [2.75, 3.05) is 20.1 Å². The number of piperidine rings is 1. The van der Waals surface area contributed by atoms with Crippen LogP contribution in [0.2, 0.25) is 0 Å². The molecule has 0 radical (unpaired) electrons. The Labute approximate surface area is 83.6 Å². The van der Waals surface area contributed by atoms with E-state index in [1.165, 1.54) is 38.8 Å². The van der Waals surface area contributed by atoms with Crippen molar-refractivity contribution in [1.29, 1.82) is 0 Å². The monoisotopic (exact) mass is 231 g/mol. The van der Waals surface area contributed by atoms with Gasteiger partial charge in [0, 0.05) is 11.4 Å². The molecule has 3 atom stereocenters. The van der Waals surface area contributed by atoms with Crippen LogP contribution in [-0.4, -0.2) is 29.9 Å².